The van der Waals surface area contributed by atoms with Crippen LogP contribution in [0.4, 0.5) is 5.82 Å². The molecule has 142 valence electrons. The highest BCUT2D eigenvalue weighted by atomic mass is 16.2. The van der Waals surface area contributed by atoms with Gasteiger partial charge in [-0.2, -0.15) is 10.2 Å². The summed E-state index contributed by atoms with van der Waals surface area (Å²) in [6, 6.07) is 19.5. The Bertz CT molecular complexity index is 1340. The second-order valence-corrected chi connectivity index (χ2v) is 6.80. The highest BCUT2D eigenvalue weighted by Gasteiger charge is 2.16. The van der Waals surface area contributed by atoms with Crippen molar-refractivity contribution in [2.45, 2.75) is 6.54 Å². The molecule has 5 rings (SSSR count). The zero-order chi connectivity index (χ0) is 19.8. The van der Waals surface area contributed by atoms with Crippen molar-refractivity contribution in [2.24, 2.45) is 7.05 Å². The van der Waals surface area contributed by atoms with Gasteiger partial charge in [0.05, 0.1) is 11.0 Å². The van der Waals surface area contributed by atoms with Crippen molar-refractivity contribution in [1.82, 2.24) is 24.5 Å². The Hall–Kier alpha value is -4.00. The highest BCUT2D eigenvalue weighted by Crippen LogP contribution is 2.27. The Labute approximate surface area is 166 Å². The largest absolute Gasteiger partial charge is 0.307 e. The van der Waals surface area contributed by atoms with Crippen molar-refractivity contribution in [1.29, 1.82) is 0 Å². The maximum Gasteiger partial charge on any atom is 0.247 e. The van der Waals surface area contributed by atoms with Gasteiger partial charge in [0.1, 0.15) is 12.2 Å². The average Bonchev–Trinajstić information content (AvgIpc) is 3.27. The third-order valence-electron chi connectivity index (χ3n) is 4.92. The lowest BCUT2D eigenvalue weighted by molar-refractivity contribution is -0.116. The molecule has 0 unspecified atom stereocenters. The zero-order valence-electron chi connectivity index (χ0n) is 15.8. The number of para-hydroxylation sites is 2. The molecule has 1 N–H and O–H groups in total. The molecule has 0 atom stereocenters. The molecule has 0 fully saturated rings. The van der Waals surface area contributed by atoms with Gasteiger partial charge in [0.15, 0.2) is 5.82 Å². The molecule has 5 aromatic rings. The number of amides is 1. The van der Waals surface area contributed by atoms with Gasteiger partial charge in [-0.1, -0.05) is 30.3 Å². The normalized spacial score (nSPS) is 11.2. The summed E-state index contributed by atoms with van der Waals surface area (Å²) in [5.41, 5.74) is 3.66. The number of pyridine rings is 1. The van der Waals surface area contributed by atoms with Crippen LogP contribution in [0.15, 0.2) is 73.1 Å². The van der Waals surface area contributed by atoms with Gasteiger partial charge in [-0.05, 0) is 30.3 Å². The Kier molecular flexibility index (Phi) is 4.05. The van der Waals surface area contributed by atoms with Crippen LogP contribution in [-0.4, -0.2) is 30.5 Å². The Balaban J connectivity index is 1.48. The number of benzene rings is 2. The van der Waals surface area contributed by atoms with E-state index in [1.54, 1.807) is 21.8 Å². The first-order chi connectivity index (χ1) is 14.2. The zero-order valence-corrected chi connectivity index (χ0v) is 15.8. The van der Waals surface area contributed by atoms with Gasteiger partial charge < -0.3 is 5.32 Å². The summed E-state index contributed by atoms with van der Waals surface area (Å²) in [7, 11) is 1.86. The SMILES string of the molecule is Cn1nc(NC(=O)Cn2nc(-c3ccncc3)c3ccccc32)c2ccccc21. The molecule has 29 heavy (non-hydrogen) atoms. The van der Waals surface area contributed by atoms with Crippen molar-refractivity contribution in [2.75, 3.05) is 5.32 Å². The number of hydrogen-bond acceptors (Lipinski definition) is 4. The van der Waals surface area contributed by atoms with Gasteiger partial charge in [0.25, 0.3) is 0 Å². The van der Waals surface area contributed by atoms with Gasteiger partial charge in [-0.3, -0.25) is 19.1 Å². The van der Waals surface area contributed by atoms with E-state index in [1.165, 1.54) is 0 Å². The number of aryl methyl sites for hydroxylation is 1. The summed E-state index contributed by atoms with van der Waals surface area (Å²) in [5, 5.41) is 14.0. The Morgan fingerprint density at radius 3 is 2.38 bits per heavy atom. The first kappa shape index (κ1) is 17.1. The molecule has 0 radical (unpaired) electrons. The van der Waals surface area contributed by atoms with E-state index in [0.717, 1.165) is 33.1 Å². The van der Waals surface area contributed by atoms with E-state index in [0.29, 0.717) is 5.82 Å². The molecule has 7 heteroatoms. The summed E-state index contributed by atoms with van der Waals surface area (Å²) in [6.45, 7) is 0.0937. The molecule has 0 saturated carbocycles. The van der Waals surface area contributed by atoms with Crippen LogP contribution in [0.2, 0.25) is 0 Å². The van der Waals surface area contributed by atoms with E-state index < -0.39 is 0 Å². The molecular weight excluding hydrogens is 364 g/mol. The second-order valence-electron chi connectivity index (χ2n) is 6.80. The summed E-state index contributed by atoms with van der Waals surface area (Å²) in [6.07, 6.45) is 3.48. The van der Waals surface area contributed by atoms with Crippen LogP contribution in [0.3, 0.4) is 0 Å². The third kappa shape index (κ3) is 3.02. The molecule has 0 spiro atoms. The Morgan fingerprint density at radius 2 is 1.59 bits per heavy atom. The smallest absolute Gasteiger partial charge is 0.247 e. The highest BCUT2D eigenvalue weighted by molar-refractivity contribution is 6.00. The lowest BCUT2D eigenvalue weighted by Gasteiger charge is -2.04. The molecule has 3 aromatic heterocycles. The fourth-order valence-electron chi connectivity index (χ4n) is 3.58. The van der Waals surface area contributed by atoms with Crippen LogP contribution < -0.4 is 5.32 Å². The number of anilines is 1. The number of nitrogens with zero attached hydrogens (tertiary/aromatic N) is 5. The second kappa shape index (κ2) is 6.87. The van der Waals surface area contributed by atoms with Crippen LogP contribution >= 0.6 is 0 Å². The van der Waals surface area contributed by atoms with Gasteiger partial charge in [0, 0.05) is 35.8 Å². The number of fused-ring (bicyclic) bond motifs is 2. The first-order valence-electron chi connectivity index (χ1n) is 9.28. The fraction of sp³-hybridized carbons (Fsp3) is 0.0909. The fourth-order valence-corrected chi connectivity index (χ4v) is 3.58. The monoisotopic (exact) mass is 382 g/mol. The number of carbonyl (C=O) groups excluding carboxylic acids is 1. The average molecular weight is 382 g/mol. The standard InChI is InChI=1S/C22H18N6O/c1-27-18-8-4-3-7-17(18)22(26-27)24-20(29)14-28-19-9-5-2-6-16(19)21(25-28)15-10-12-23-13-11-15/h2-13H,14H2,1H3,(H,24,26,29). The molecule has 0 aliphatic carbocycles. The first-order valence-corrected chi connectivity index (χ1v) is 9.28. The quantitative estimate of drug-likeness (QED) is 0.515. The molecule has 0 aliphatic heterocycles. The number of carbonyl (C=O) groups is 1. The van der Waals surface area contributed by atoms with E-state index in [1.807, 2.05) is 67.7 Å². The maximum atomic E-state index is 12.8. The number of nitrogens with one attached hydrogen (secondary N) is 1. The van der Waals surface area contributed by atoms with Crippen molar-refractivity contribution >= 4 is 33.5 Å². The molecular formula is C22H18N6O. The molecule has 2 aromatic carbocycles. The van der Waals surface area contributed by atoms with Crippen LogP contribution in [0.1, 0.15) is 0 Å². The van der Waals surface area contributed by atoms with Crippen LogP contribution in [-0.2, 0) is 18.4 Å². The number of rotatable bonds is 4. The molecule has 0 aliphatic rings. The summed E-state index contributed by atoms with van der Waals surface area (Å²) in [4.78, 5) is 16.9. The van der Waals surface area contributed by atoms with E-state index >= 15 is 0 Å². The lowest BCUT2D eigenvalue weighted by Crippen LogP contribution is -2.20. The molecule has 0 saturated heterocycles. The molecule has 7 nitrogen and oxygen atoms in total. The topological polar surface area (TPSA) is 77.6 Å². The van der Waals surface area contributed by atoms with Crippen molar-refractivity contribution in [3.8, 4) is 11.3 Å². The van der Waals surface area contributed by atoms with Gasteiger partial charge in [0.2, 0.25) is 5.91 Å². The van der Waals surface area contributed by atoms with E-state index in [4.69, 9.17) is 5.10 Å². The molecule has 3 heterocycles. The van der Waals surface area contributed by atoms with Crippen LogP contribution in [0.5, 0.6) is 0 Å². The van der Waals surface area contributed by atoms with Crippen molar-refractivity contribution < 1.29 is 4.79 Å². The van der Waals surface area contributed by atoms with E-state index in [2.05, 4.69) is 15.4 Å². The minimum Gasteiger partial charge on any atom is -0.307 e. The van der Waals surface area contributed by atoms with Crippen molar-refractivity contribution in [3.05, 3.63) is 73.1 Å². The maximum absolute atomic E-state index is 12.8. The van der Waals surface area contributed by atoms with Crippen LogP contribution in [0.25, 0.3) is 33.1 Å². The number of aromatic nitrogens is 5. The number of hydrogen-bond donors (Lipinski definition) is 1. The lowest BCUT2D eigenvalue weighted by atomic mass is 10.1. The summed E-state index contributed by atoms with van der Waals surface area (Å²) < 4.78 is 3.49. The molecule has 1 amide bonds. The summed E-state index contributed by atoms with van der Waals surface area (Å²) >= 11 is 0. The van der Waals surface area contributed by atoms with Gasteiger partial charge in [-0.15, -0.1) is 0 Å². The predicted molar refractivity (Wildman–Crippen MR) is 112 cm³/mol. The van der Waals surface area contributed by atoms with Gasteiger partial charge >= 0.3 is 0 Å². The van der Waals surface area contributed by atoms with Crippen molar-refractivity contribution in [3.63, 3.8) is 0 Å². The van der Waals surface area contributed by atoms with Crippen LogP contribution in [0, 0.1) is 0 Å². The third-order valence-corrected chi connectivity index (χ3v) is 4.92. The van der Waals surface area contributed by atoms with E-state index in [-0.39, 0.29) is 12.5 Å². The Morgan fingerprint density at radius 1 is 0.897 bits per heavy atom. The van der Waals surface area contributed by atoms with E-state index in [9.17, 15) is 4.79 Å². The van der Waals surface area contributed by atoms with Gasteiger partial charge in [-0.25, -0.2) is 0 Å². The minimum absolute atomic E-state index is 0.0937. The minimum atomic E-state index is -0.177. The predicted octanol–water partition coefficient (Wildman–Crippen LogP) is 3.62. The summed E-state index contributed by atoms with van der Waals surface area (Å²) in [5.74, 6) is 0.377. The molecule has 0 bridgehead atoms.